The first-order chi connectivity index (χ1) is 9.12. The molecule has 1 aromatic heterocycles. The topological polar surface area (TPSA) is 39.1 Å². The van der Waals surface area contributed by atoms with Crippen molar-refractivity contribution in [1.82, 2.24) is 14.9 Å². The highest BCUT2D eigenvalue weighted by molar-refractivity contribution is 5.78. The van der Waals surface area contributed by atoms with Gasteiger partial charge in [0.25, 0.3) is 0 Å². The van der Waals surface area contributed by atoms with E-state index < -0.39 is 0 Å². The van der Waals surface area contributed by atoms with Crippen LogP contribution in [0, 0.1) is 0 Å². The van der Waals surface area contributed by atoms with Crippen LogP contribution in [0.3, 0.4) is 0 Å². The Kier molecular flexibility index (Phi) is 4.10. The molecule has 1 atom stereocenters. The van der Waals surface area contributed by atoms with E-state index in [0.29, 0.717) is 6.04 Å². The Bertz CT molecular complexity index is 556. The molecule has 4 heteroatoms. The minimum Gasteiger partial charge on any atom is -0.497 e. The predicted molar refractivity (Wildman–Crippen MR) is 78.8 cm³/mol. The number of hydrogen-bond donors (Lipinski definition) is 1. The minimum atomic E-state index is 0.279. The maximum atomic E-state index is 5.28. The number of fused-ring (bicyclic) bond motifs is 1. The first kappa shape index (κ1) is 13.9. The van der Waals surface area contributed by atoms with Crippen molar-refractivity contribution in [1.29, 1.82) is 0 Å². The molecule has 0 saturated carbocycles. The van der Waals surface area contributed by atoms with Gasteiger partial charge in [-0.15, -0.1) is 0 Å². The van der Waals surface area contributed by atoms with Gasteiger partial charge in [0.15, 0.2) is 0 Å². The maximum Gasteiger partial charge on any atom is 0.127 e. The smallest absolute Gasteiger partial charge is 0.127 e. The molecule has 2 rings (SSSR count). The molecule has 0 radical (unpaired) electrons. The average Bonchev–Trinajstić information content (AvgIpc) is 2.78. The average molecular weight is 261 g/mol. The van der Waals surface area contributed by atoms with Crippen molar-refractivity contribution < 1.29 is 4.74 Å². The van der Waals surface area contributed by atoms with Gasteiger partial charge in [-0.3, -0.25) is 0 Å². The number of benzene rings is 1. The van der Waals surface area contributed by atoms with Crippen LogP contribution in [-0.4, -0.2) is 23.7 Å². The van der Waals surface area contributed by atoms with Gasteiger partial charge in [0.1, 0.15) is 11.6 Å². The quantitative estimate of drug-likeness (QED) is 0.897. The van der Waals surface area contributed by atoms with Crippen molar-refractivity contribution in [2.75, 3.05) is 14.2 Å². The van der Waals surface area contributed by atoms with Gasteiger partial charge in [-0.05, 0) is 39.4 Å². The molecule has 1 unspecified atom stereocenters. The fourth-order valence-corrected chi connectivity index (χ4v) is 2.53. The molecular weight excluding hydrogens is 238 g/mol. The molecule has 0 fully saturated rings. The normalized spacial score (nSPS) is 13.2. The second kappa shape index (κ2) is 5.61. The van der Waals surface area contributed by atoms with Crippen LogP contribution in [0.15, 0.2) is 18.2 Å². The summed E-state index contributed by atoms with van der Waals surface area (Å²) in [6, 6.07) is 6.75. The van der Waals surface area contributed by atoms with E-state index in [0.717, 1.165) is 23.5 Å². The summed E-state index contributed by atoms with van der Waals surface area (Å²) in [4.78, 5) is 4.80. The summed E-state index contributed by atoms with van der Waals surface area (Å²) in [7, 11) is 3.67. The highest BCUT2D eigenvalue weighted by Gasteiger charge is 2.19. The number of nitrogens with zero attached hydrogens (tertiary/aromatic N) is 2. The zero-order valence-electron chi connectivity index (χ0n) is 12.4. The zero-order valence-corrected chi connectivity index (χ0v) is 12.4. The molecule has 2 aromatic rings. The van der Waals surface area contributed by atoms with Crippen LogP contribution in [0.4, 0.5) is 0 Å². The largest absolute Gasteiger partial charge is 0.497 e. The van der Waals surface area contributed by atoms with Crippen LogP contribution in [0.5, 0.6) is 5.75 Å². The monoisotopic (exact) mass is 261 g/mol. The van der Waals surface area contributed by atoms with Crippen LogP contribution in [0.25, 0.3) is 11.0 Å². The Balaban J connectivity index is 2.65. The summed E-state index contributed by atoms with van der Waals surface area (Å²) >= 11 is 0. The lowest BCUT2D eigenvalue weighted by Gasteiger charge is -2.19. The fraction of sp³-hybridized carbons (Fsp3) is 0.533. The van der Waals surface area contributed by atoms with Gasteiger partial charge in [0.05, 0.1) is 24.2 Å². The molecule has 0 bridgehead atoms. The number of nitrogens with one attached hydrogen (secondary N) is 1. The third kappa shape index (κ3) is 2.45. The standard InChI is InChI=1S/C15H23N3O/c1-6-12(16-4)15-17-13-9-11(19-5)7-8-14(13)18(15)10(2)3/h7-10,12,16H,6H2,1-5H3. The molecule has 4 nitrogen and oxygen atoms in total. The van der Waals surface area contributed by atoms with Crippen molar-refractivity contribution in [2.45, 2.75) is 39.3 Å². The van der Waals surface area contributed by atoms with Crippen molar-refractivity contribution in [3.05, 3.63) is 24.0 Å². The Labute approximate surface area is 114 Å². The predicted octanol–water partition coefficient (Wildman–Crippen LogP) is 3.30. The molecule has 1 heterocycles. The van der Waals surface area contributed by atoms with Gasteiger partial charge in [-0.1, -0.05) is 6.92 Å². The fourth-order valence-electron chi connectivity index (χ4n) is 2.53. The van der Waals surface area contributed by atoms with Crippen LogP contribution in [0.1, 0.15) is 45.1 Å². The van der Waals surface area contributed by atoms with Crippen molar-refractivity contribution in [3.63, 3.8) is 0 Å². The lowest BCUT2D eigenvalue weighted by atomic mass is 10.2. The van der Waals surface area contributed by atoms with Gasteiger partial charge in [0.2, 0.25) is 0 Å². The van der Waals surface area contributed by atoms with E-state index >= 15 is 0 Å². The van der Waals surface area contributed by atoms with Crippen LogP contribution >= 0.6 is 0 Å². The van der Waals surface area contributed by atoms with E-state index in [1.54, 1.807) is 7.11 Å². The molecule has 1 aromatic carbocycles. The molecular formula is C15H23N3O. The Morgan fingerprint density at radius 1 is 1.37 bits per heavy atom. The first-order valence-electron chi connectivity index (χ1n) is 6.85. The van der Waals surface area contributed by atoms with Gasteiger partial charge in [-0.2, -0.15) is 0 Å². The third-order valence-corrected chi connectivity index (χ3v) is 3.51. The van der Waals surface area contributed by atoms with Crippen LogP contribution in [-0.2, 0) is 0 Å². The van der Waals surface area contributed by atoms with Gasteiger partial charge >= 0.3 is 0 Å². The van der Waals surface area contributed by atoms with E-state index in [1.165, 1.54) is 5.52 Å². The molecule has 0 spiro atoms. The number of hydrogen-bond acceptors (Lipinski definition) is 3. The van der Waals surface area contributed by atoms with E-state index in [9.17, 15) is 0 Å². The number of ether oxygens (including phenoxy) is 1. The zero-order chi connectivity index (χ0) is 14.0. The molecule has 0 aliphatic heterocycles. The SMILES string of the molecule is CCC(NC)c1nc2cc(OC)ccc2n1C(C)C. The van der Waals surface area contributed by atoms with Crippen molar-refractivity contribution >= 4 is 11.0 Å². The summed E-state index contributed by atoms with van der Waals surface area (Å²) in [5.41, 5.74) is 2.16. The molecule has 0 aliphatic rings. The maximum absolute atomic E-state index is 5.28. The summed E-state index contributed by atoms with van der Waals surface area (Å²) in [6.07, 6.45) is 1.02. The summed E-state index contributed by atoms with van der Waals surface area (Å²) in [5.74, 6) is 1.95. The number of methoxy groups -OCH3 is 1. The minimum absolute atomic E-state index is 0.279. The van der Waals surface area contributed by atoms with E-state index in [4.69, 9.17) is 9.72 Å². The molecule has 104 valence electrons. The summed E-state index contributed by atoms with van der Waals surface area (Å²) < 4.78 is 7.59. The Hall–Kier alpha value is -1.55. The molecule has 19 heavy (non-hydrogen) atoms. The Morgan fingerprint density at radius 2 is 2.11 bits per heavy atom. The highest BCUT2D eigenvalue weighted by Crippen LogP contribution is 2.28. The number of imidazole rings is 1. The first-order valence-corrected chi connectivity index (χ1v) is 6.85. The second-order valence-electron chi connectivity index (χ2n) is 5.04. The second-order valence-corrected chi connectivity index (χ2v) is 5.04. The summed E-state index contributed by atoms with van der Waals surface area (Å²) in [5, 5.41) is 3.34. The number of aromatic nitrogens is 2. The van der Waals surface area contributed by atoms with E-state index in [-0.39, 0.29) is 6.04 Å². The molecule has 1 N–H and O–H groups in total. The highest BCUT2D eigenvalue weighted by atomic mass is 16.5. The molecule has 0 saturated heterocycles. The summed E-state index contributed by atoms with van der Waals surface area (Å²) in [6.45, 7) is 6.56. The van der Waals surface area contributed by atoms with Gasteiger partial charge in [-0.25, -0.2) is 4.98 Å². The molecule has 0 amide bonds. The van der Waals surface area contributed by atoms with Crippen molar-refractivity contribution in [2.24, 2.45) is 0 Å². The third-order valence-electron chi connectivity index (χ3n) is 3.51. The number of rotatable bonds is 5. The van der Waals surface area contributed by atoms with Gasteiger partial charge < -0.3 is 14.6 Å². The van der Waals surface area contributed by atoms with Crippen molar-refractivity contribution in [3.8, 4) is 5.75 Å². The lowest BCUT2D eigenvalue weighted by Crippen LogP contribution is -2.21. The van der Waals surface area contributed by atoms with E-state index in [1.807, 2.05) is 19.2 Å². The van der Waals surface area contributed by atoms with Crippen LogP contribution < -0.4 is 10.1 Å². The Morgan fingerprint density at radius 3 is 2.63 bits per heavy atom. The molecule has 0 aliphatic carbocycles. The van der Waals surface area contributed by atoms with Gasteiger partial charge in [0, 0.05) is 12.1 Å². The van der Waals surface area contributed by atoms with E-state index in [2.05, 4.69) is 36.7 Å². The van der Waals surface area contributed by atoms with Crippen LogP contribution in [0.2, 0.25) is 0 Å². The lowest BCUT2D eigenvalue weighted by molar-refractivity contribution is 0.415.